The SMILES string of the molecule is CCc1ccc(-c2ccccc2)c(C2=CCCC2(C)C)c1. The molecule has 0 unspecified atom stereocenters. The lowest BCUT2D eigenvalue weighted by atomic mass is 9.79. The molecule has 0 heteroatoms. The Bertz CT molecular complexity index is 660. The molecule has 2 aromatic rings. The zero-order valence-electron chi connectivity index (χ0n) is 13.3. The van der Waals surface area contributed by atoms with E-state index in [1.54, 1.807) is 0 Å². The van der Waals surface area contributed by atoms with Gasteiger partial charge in [0.1, 0.15) is 0 Å². The highest BCUT2D eigenvalue weighted by Gasteiger charge is 2.29. The molecule has 0 nitrogen and oxygen atoms in total. The number of hydrogen-bond donors (Lipinski definition) is 0. The van der Waals surface area contributed by atoms with Gasteiger partial charge < -0.3 is 0 Å². The molecule has 0 saturated carbocycles. The fraction of sp³-hybridized carbons (Fsp3) is 0.333. The molecule has 0 radical (unpaired) electrons. The molecule has 0 heterocycles. The molecule has 0 atom stereocenters. The second kappa shape index (κ2) is 5.52. The van der Waals surface area contributed by atoms with Crippen LogP contribution in [0.4, 0.5) is 0 Å². The van der Waals surface area contributed by atoms with Gasteiger partial charge >= 0.3 is 0 Å². The third-order valence-electron chi connectivity index (χ3n) is 4.71. The van der Waals surface area contributed by atoms with Gasteiger partial charge in [-0.3, -0.25) is 0 Å². The second-order valence-electron chi connectivity index (χ2n) is 6.64. The average Bonchev–Trinajstić information content (AvgIpc) is 2.87. The summed E-state index contributed by atoms with van der Waals surface area (Å²) in [5, 5.41) is 0. The van der Waals surface area contributed by atoms with Gasteiger partial charge in [0.2, 0.25) is 0 Å². The molecular formula is C21H24. The first-order valence-electron chi connectivity index (χ1n) is 8.01. The smallest absolute Gasteiger partial charge is 0.00976 e. The second-order valence-corrected chi connectivity index (χ2v) is 6.64. The first-order valence-corrected chi connectivity index (χ1v) is 8.01. The van der Waals surface area contributed by atoms with E-state index in [2.05, 4.69) is 75.4 Å². The molecule has 21 heavy (non-hydrogen) atoms. The van der Waals surface area contributed by atoms with Crippen LogP contribution in [-0.2, 0) is 6.42 Å². The summed E-state index contributed by atoms with van der Waals surface area (Å²) in [4.78, 5) is 0. The summed E-state index contributed by atoms with van der Waals surface area (Å²) in [6.07, 6.45) is 6.00. The number of hydrogen-bond acceptors (Lipinski definition) is 0. The van der Waals surface area contributed by atoms with Crippen LogP contribution >= 0.6 is 0 Å². The van der Waals surface area contributed by atoms with Gasteiger partial charge in [0.25, 0.3) is 0 Å². The topological polar surface area (TPSA) is 0 Å². The van der Waals surface area contributed by atoms with Crippen molar-refractivity contribution in [2.75, 3.05) is 0 Å². The first kappa shape index (κ1) is 14.1. The molecule has 0 aliphatic heterocycles. The Morgan fingerprint density at radius 2 is 1.71 bits per heavy atom. The maximum atomic E-state index is 2.45. The van der Waals surface area contributed by atoms with E-state index < -0.39 is 0 Å². The van der Waals surface area contributed by atoms with Gasteiger partial charge in [0, 0.05) is 0 Å². The summed E-state index contributed by atoms with van der Waals surface area (Å²) in [5.74, 6) is 0. The van der Waals surface area contributed by atoms with Crippen LogP contribution in [0.5, 0.6) is 0 Å². The van der Waals surface area contributed by atoms with Gasteiger partial charge in [-0.15, -0.1) is 0 Å². The van der Waals surface area contributed by atoms with Gasteiger partial charge in [-0.1, -0.05) is 75.4 Å². The van der Waals surface area contributed by atoms with Crippen molar-refractivity contribution in [2.24, 2.45) is 5.41 Å². The zero-order valence-corrected chi connectivity index (χ0v) is 13.3. The van der Waals surface area contributed by atoms with E-state index in [1.807, 2.05) is 0 Å². The quantitative estimate of drug-likeness (QED) is 0.633. The van der Waals surface area contributed by atoms with Gasteiger partial charge in [-0.05, 0) is 52.5 Å². The van der Waals surface area contributed by atoms with Gasteiger partial charge in [-0.2, -0.15) is 0 Å². The van der Waals surface area contributed by atoms with Crippen molar-refractivity contribution in [3.63, 3.8) is 0 Å². The minimum Gasteiger partial charge on any atom is -0.0801 e. The Hall–Kier alpha value is -1.82. The summed E-state index contributed by atoms with van der Waals surface area (Å²) < 4.78 is 0. The number of aryl methyl sites for hydroxylation is 1. The van der Waals surface area contributed by atoms with Crippen LogP contribution in [0.25, 0.3) is 16.7 Å². The molecule has 108 valence electrons. The van der Waals surface area contributed by atoms with E-state index >= 15 is 0 Å². The lowest BCUT2D eigenvalue weighted by Crippen LogP contribution is -2.10. The van der Waals surface area contributed by atoms with Crippen molar-refractivity contribution in [1.29, 1.82) is 0 Å². The molecule has 0 spiro atoms. The van der Waals surface area contributed by atoms with Crippen LogP contribution in [0.2, 0.25) is 0 Å². The van der Waals surface area contributed by atoms with Crippen LogP contribution in [0.1, 0.15) is 44.7 Å². The monoisotopic (exact) mass is 276 g/mol. The highest BCUT2D eigenvalue weighted by atomic mass is 14.3. The third-order valence-corrected chi connectivity index (χ3v) is 4.71. The van der Waals surface area contributed by atoms with E-state index in [4.69, 9.17) is 0 Å². The zero-order chi connectivity index (χ0) is 14.9. The van der Waals surface area contributed by atoms with Gasteiger partial charge in [-0.25, -0.2) is 0 Å². The highest BCUT2D eigenvalue weighted by Crippen LogP contribution is 2.46. The normalized spacial score (nSPS) is 16.8. The minimum atomic E-state index is 0.288. The van der Waals surface area contributed by atoms with E-state index in [0.29, 0.717) is 0 Å². The molecule has 1 aliphatic carbocycles. The molecule has 0 aromatic heterocycles. The standard InChI is InChI=1S/C21H24/c1-4-16-12-13-18(17-9-6-5-7-10-17)19(15-16)20-11-8-14-21(20,2)3/h5-7,9-13,15H,4,8,14H2,1-3H3. The van der Waals surface area contributed by atoms with Crippen LogP contribution in [0.3, 0.4) is 0 Å². The Kier molecular flexibility index (Phi) is 3.71. The number of rotatable bonds is 3. The predicted octanol–water partition coefficient (Wildman–Crippen LogP) is 6.12. The number of benzene rings is 2. The lowest BCUT2D eigenvalue weighted by molar-refractivity contribution is 0.487. The van der Waals surface area contributed by atoms with Crippen LogP contribution in [0.15, 0.2) is 54.6 Å². The molecule has 1 aliphatic rings. The predicted molar refractivity (Wildman–Crippen MR) is 92.2 cm³/mol. The fourth-order valence-corrected chi connectivity index (χ4v) is 3.37. The van der Waals surface area contributed by atoms with Crippen molar-refractivity contribution in [1.82, 2.24) is 0 Å². The van der Waals surface area contributed by atoms with Crippen LogP contribution in [0, 0.1) is 5.41 Å². The molecule has 0 bridgehead atoms. The van der Waals surface area contributed by atoms with Crippen molar-refractivity contribution >= 4 is 5.57 Å². The molecule has 0 fully saturated rings. The van der Waals surface area contributed by atoms with Crippen molar-refractivity contribution in [2.45, 2.75) is 40.0 Å². The van der Waals surface area contributed by atoms with Gasteiger partial charge in [0.05, 0.1) is 0 Å². The first-order chi connectivity index (χ1) is 10.1. The molecular weight excluding hydrogens is 252 g/mol. The maximum absolute atomic E-state index is 2.45. The largest absolute Gasteiger partial charge is 0.0801 e. The Morgan fingerprint density at radius 3 is 2.33 bits per heavy atom. The molecule has 0 amide bonds. The van der Waals surface area contributed by atoms with E-state index in [1.165, 1.54) is 40.7 Å². The summed E-state index contributed by atoms with van der Waals surface area (Å²) >= 11 is 0. The van der Waals surface area contributed by atoms with Crippen molar-refractivity contribution in [3.8, 4) is 11.1 Å². The summed E-state index contributed by atoms with van der Waals surface area (Å²) in [6, 6.07) is 17.7. The van der Waals surface area contributed by atoms with Crippen molar-refractivity contribution < 1.29 is 0 Å². The van der Waals surface area contributed by atoms with E-state index in [0.717, 1.165) is 6.42 Å². The van der Waals surface area contributed by atoms with Gasteiger partial charge in [0.15, 0.2) is 0 Å². The lowest BCUT2D eigenvalue weighted by Gasteiger charge is -2.25. The van der Waals surface area contributed by atoms with E-state index in [9.17, 15) is 0 Å². The van der Waals surface area contributed by atoms with Crippen LogP contribution < -0.4 is 0 Å². The third kappa shape index (κ3) is 2.68. The molecule has 0 saturated heterocycles. The minimum absolute atomic E-state index is 0.288. The number of allylic oxidation sites excluding steroid dienone is 2. The highest BCUT2D eigenvalue weighted by molar-refractivity contribution is 5.84. The Labute approximate surface area is 128 Å². The average molecular weight is 276 g/mol. The maximum Gasteiger partial charge on any atom is -0.00976 e. The van der Waals surface area contributed by atoms with Crippen molar-refractivity contribution in [3.05, 3.63) is 65.7 Å². The van der Waals surface area contributed by atoms with E-state index in [-0.39, 0.29) is 5.41 Å². The summed E-state index contributed by atoms with van der Waals surface area (Å²) in [7, 11) is 0. The van der Waals surface area contributed by atoms with Crippen LogP contribution in [-0.4, -0.2) is 0 Å². The summed E-state index contributed by atoms with van der Waals surface area (Å²) in [5.41, 5.74) is 7.36. The fourth-order valence-electron chi connectivity index (χ4n) is 3.37. The molecule has 0 N–H and O–H groups in total. The molecule has 2 aromatic carbocycles. The summed E-state index contributed by atoms with van der Waals surface area (Å²) in [6.45, 7) is 6.98. The Balaban J connectivity index is 2.18. The molecule has 3 rings (SSSR count). The Morgan fingerprint density at radius 1 is 0.952 bits per heavy atom.